The number of fused-ring (bicyclic) bond motifs is 1. The van der Waals surface area contributed by atoms with E-state index in [0.29, 0.717) is 17.7 Å². The summed E-state index contributed by atoms with van der Waals surface area (Å²) in [5.74, 6) is 0.534. The fraction of sp³-hybridized carbons (Fsp3) is 0.227. The Balaban J connectivity index is 1.40. The number of nitrogens with two attached hydrogens (primary N) is 1. The van der Waals surface area contributed by atoms with Crippen LogP contribution in [-0.4, -0.2) is 32.8 Å². The SMILES string of the molecule is Cc1[nH]nc2cnc(-c3cncc(OC[C@@H](N)Cc4ccc(C(F)(F)F)cc4)c3)cc12. The van der Waals surface area contributed by atoms with Crippen molar-refractivity contribution in [3.63, 3.8) is 0 Å². The van der Waals surface area contributed by atoms with Gasteiger partial charge in [-0.3, -0.25) is 15.1 Å². The lowest BCUT2D eigenvalue weighted by Gasteiger charge is -2.14. The Labute approximate surface area is 176 Å². The molecule has 0 spiro atoms. The third kappa shape index (κ3) is 4.83. The van der Waals surface area contributed by atoms with Crippen LogP contribution in [-0.2, 0) is 12.6 Å². The van der Waals surface area contributed by atoms with Gasteiger partial charge in [0.05, 0.1) is 23.7 Å². The van der Waals surface area contributed by atoms with Crippen LogP contribution in [0.3, 0.4) is 0 Å². The molecule has 1 atom stereocenters. The highest BCUT2D eigenvalue weighted by atomic mass is 19.4. The Hall–Kier alpha value is -3.46. The van der Waals surface area contributed by atoms with Gasteiger partial charge in [0.2, 0.25) is 0 Å². The molecule has 0 saturated heterocycles. The lowest BCUT2D eigenvalue weighted by Crippen LogP contribution is -2.30. The van der Waals surface area contributed by atoms with Gasteiger partial charge in [-0.05, 0) is 43.2 Å². The Bertz CT molecular complexity index is 1190. The summed E-state index contributed by atoms with van der Waals surface area (Å²) in [6.45, 7) is 2.13. The van der Waals surface area contributed by atoms with Crippen LogP contribution in [0.4, 0.5) is 13.2 Å². The van der Waals surface area contributed by atoms with Crippen molar-refractivity contribution in [1.82, 2.24) is 20.2 Å². The number of aromatic amines is 1. The molecule has 0 unspecified atom stereocenters. The van der Waals surface area contributed by atoms with Crippen LogP contribution in [0.5, 0.6) is 5.75 Å². The number of alkyl halides is 3. The normalized spacial score (nSPS) is 12.8. The lowest BCUT2D eigenvalue weighted by atomic mass is 10.0. The highest BCUT2D eigenvalue weighted by Crippen LogP contribution is 2.29. The first-order valence-electron chi connectivity index (χ1n) is 9.60. The van der Waals surface area contributed by atoms with Crippen LogP contribution in [0.2, 0.25) is 0 Å². The van der Waals surface area contributed by atoms with Gasteiger partial charge in [-0.25, -0.2) is 0 Å². The molecular weight excluding hydrogens is 407 g/mol. The van der Waals surface area contributed by atoms with Crippen molar-refractivity contribution in [1.29, 1.82) is 0 Å². The number of ether oxygens (including phenoxy) is 1. The van der Waals surface area contributed by atoms with E-state index in [2.05, 4.69) is 20.2 Å². The maximum Gasteiger partial charge on any atom is 0.416 e. The second-order valence-electron chi connectivity index (χ2n) is 7.31. The minimum Gasteiger partial charge on any atom is -0.490 e. The number of hydrogen-bond donors (Lipinski definition) is 2. The summed E-state index contributed by atoms with van der Waals surface area (Å²) in [4.78, 5) is 8.63. The van der Waals surface area contributed by atoms with Crippen molar-refractivity contribution in [2.75, 3.05) is 6.61 Å². The topological polar surface area (TPSA) is 89.7 Å². The van der Waals surface area contributed by atoms with Gasteiger partial charge in [0.1, 0.15) is 17.9 Å². The van der Waals surface area contributed by atoms with E-state index in [1.165, 1.54) is 12.1 Å². The van der Waals surface area contributed by atoms with E-state index in [1.807, 2.05) is 19.1 Å². The second kappa shape index (κ2) is 8.35. The van der Waals surface area contributed by atoms with Crippen molar-refractivity contribution < 1.29 is 17.9 Å². The minimum absolute atomic E-state index is 0.194. The zero-order valence-corrected chi connectivity index (χ0v) is 16.6. The van der Waals surface area contributed by atoms with E-state index < -0.39 is 11.7 Å². The maximum atomic E-state index is 12.7. The van der Waals surface area contributed by atoms with Crippen molar-refractivity contribution in [2.45, 2.75) is 25.6 Å². The quantitative estimate of drug-likeness (QED) is 0.479. The van der Waals surface area contributed by atoms with Crippen molar-refractivity contribution in [2.24, 2.45) is 5.73 Å². The number of rotatable bonds is 6. The van der Waals surface area contributed by atoms with Crippen LogP contribution in [0.15, 0.2) is 55.0 Å². The smallest absolute Gasteiger partial charge is 0.416 e. The van der Waals surface area contributed by atoms with Crippen molar-refractivity contribution >= 4 is 10.9 Å². The van der Waals surface area contributed by atoms with Crippen LogP contribution < -0.4 is 10.5 Å². The van der Waals surface area contributed by atoms with Gasteiger partial charge in [-0.1, -0.05) is 12.1 Å². The molecule has 0 fully saturated rings. The first-order valence-corrected chi connectivity index (χ1v) is 9.60. The van der Waals surface area contributed by atoms with Crippen molar-refractivity contribution in [3.05, 3.63) is 71.8 Å². The number of benzene rings is 1. The van der Waals surface area contributed by atoms with Crippen LogP contribution in [0.1, 0.15) is 16.8 Å². The zero-order chi connectivity index (χ0) is 22.0. The third-order valence-corrected chi connectivity index (χ3v) is 4.88. The number of nitrogens with zero attached hydrogens (tertiary/aromatic N) is 3. The fourth-order valence-corrected chi connectivity index (χ4v) is 3.23. The molecule has 3 aromatic heterocycles. The molecule has 160 valence electrons. The first-order chi connectivity index (χ1) is 14.8. The molecule has 0 aliphatic carbocycles. The monoisotopic (exact) mass is 427 g/mol. The second-order valence-corrected chi connectivity index (χ2v) is 7.31. The van der Waals surface area contributed by atoms with Gasteiger partial charge < -0.3 is 10.5 Å². The molecule has 4 rings (SSSR count). The highest BCUT2D eigenvalue weighted by molar-refractivity contribution is 5.84. The van der Waals surface area contributed by atoms with Crippen LogP contribution in [0, 0.1) is 6.92 Å². The summed E-state index contributed by atoms with van der Waals surface area (Å²) in [6.07, 6.45) is 1.01. The number of aromatic nitrogens is 4. The van der Waals surface area contributed by atoms with E-state index >= 15 is 0 Å². The third-order valence-electron chi connectivity index (χ3n) is 4.88. The number of hydrogen-bond acceptors (Lipinski definition) is 5. The first kappa shape index (κ1) is 20.8. The minimum atomic E-state index is -4.35. The molecule has 3 heterocycles. The summed E-state index contributed by atoms with van der Waals surface area (Å²) in [7, 11) is 0. The number of pyridine rings is 2. The molecule has 0 radical (unpaired) electrons. The summed E-state index contributed by atoms with van der Waals surface area (Å²) < 4.78 is 43.8. The van der Waals surface area contributed by atoms with E-state index in [9.17, 15) is 13.2 Å². The molecule has 3 N–H and O–H groups in total. The Kier molecular flexibility index (Phi) is 5.60. The fourth-order valence-electron chi connectivity index (χ4n) is 3.23. The summed E-state index contributed by atoms with van der Waals surface area (Å²) >= 11 is 0. The molecule has 0 bridgehead atoms. The predicted octanol–water partition coefficient (Wildman–Crippen LogP) is 4.30. The molecule has 0 saturated carbocycles. The predicted molar refractivity (Wildman–Crippen MR) is 110 cm³/mol. The van der Waals surface area contributed by atoms with Gasteiger partial charge >= 0.3 is 6.18 Å². The van der Waals surface area contributed by atoms with E-state index in [-0.39, 0.29) is 12.6 Å². The molecule has 0 aliphatic rings. The van der Waals surface area contributed by atoms with Gasteiger partial charge in [0, 0.05) is 28.9 Å². The van der Waals surface area contributed by atoms with Crippen LogP contribution >= 0.6 is 0 Å². The molecule has 0 aliphatic heterocycles. The van der Waals surface area contributed by atoms with Crippen LogP contribution in [0.25, 0.3) is 22.2 Å². The summed E-state index contributed by atoms with van der Waals surface area (Å²) in [5.41, 5.74) is 9.40. The van der Waals surface area contributed by atoms with Gasteiger partial charge in [0.15, 0.2) is 0 Å². The molecule has 1 aromatic carbocycles. The zero-order valence-electron chi connectivity index (χ0n) is 16.6. The molecule has 31 heavy (non-hydrogen) atoms. The van der Waals surface area contributed by atoms with E-state index in [0.717, 1.165) is 40.0 Å². The average Bonchev–Trinajstić information content (AvgIpc) is 3.12. The largest absolute Gasteiger partial charge is 0.490 e. The van der Waals surface area contributed by atoms with Crippen molar-refractivity contribution in [3.8, 4) is 17.0 Å². The summed E-state index contributed by atoms with van der Waals surface area (Å²) in [6, 6.07) is 8.36. The number of nitrogens with one attached hydrogen (secondary N) is 1. The Morgan fingerprint density at radius 1 is 1.10 bits per heavy atom. The highest BCUT2D eigenvalue weighted by Gasteiger charge is 2.29. The maximum absolute atomic E-state index is 12.7. The van der Waals surface area contributed by atoms with Gasteiger partial charge in [-0.2, -0.15) is 18.3 Å². The molecule has 4 aromatic rings. The summed E-state index contributed by atoms with van der Waals surface area (Å²) in [5, 5.41) is 8.08. The molecule has 9 heteroatoms. The molecule has 6 nitrogen and oxygen atoms in total. The number of H-pyrrole nitrogens is 1. The standard InChI is InChI=1S/C22H20F3N5O/c1-13-19-8-20(28-11-21(19)30-29-13)15-7-18(10-27-9-15)31-12-17(26)6-14-2-4-16(5-3-14)22(23,24)25/h2-5,7-11,17H,6,12,26H2,1H3,(H,29,30)/t17-/m0/s1. The van der Waals surface area contributed by atoms with E-state index in [1.54, 1.807) is 18.6 Å². The number of halogens is 3. The number of aryl methyl sites for hydroxylation is 1. The van der Waals surface area contributed by atoms with Gasteiger partial charge in [-0.15, -0.1) is 0 Å². The Morgan fingerprint density at radius 2 is 1.87 bits per heavy atom. The Morgan fingerprint density at radius 3 is 2.61 bits per heavy atom. The average molecular weight is 427 g/mol. The molecule has 0 amide bonds. The molecular formula is C22H20F3N5O. The lowest BCUT2D eigenvalue weighted by molar-refractivity contribution is -0.137. The van der Waals surface area contributed by atoms with Gasteiger partial charge in [0.25, 0.3) is 0 Å². The van der Waals surface area contributed by atoms with E-state index in [4.69, 9.17) is 10.5 Å².